The molecule has 0 radical (unpaired) electrons. The second-order valence-corrected chi connectivity index (χ2v) is 6.69. The second-order valence-electron chi connectivity index (χ2n) is 6.69. The highest BCUT2D eigenvalue weighted by atomic mass is 16.5. The summed E-state index contributed by atoms with van der Waals surface area (Å²) in [5.41, 5.74) is 1.58. The number of methoxy groups -OCH3 is 1. The molecule has 0 bridgehead atoms. The van der Waals surface area contributed by atoms with E-state index in [1.165, 1.54) is 0 Å². The lowest BCUT2D eigenvalue weighted by Crippen LogP contribution is -3.09. The van der Waals surface area contributed by atoms with E-state index in [0.29, 0.717) is 36.9 Å². The lowest BCUT2D eigenvalue weighted by atomic mass is 10.2. The van der Waals surface area contributed by atoms with Crippen LogP contribution in [0.15, 0.2) is 42.5 Å². The highest BCUT2D eigenvalue weighted by molar-refractivity contribution is 6.01. The summed E-state index contributed by atoms with van der Waals surface area (Å²) in [6, 6.07) is 12.1. The Hall–Kier alpha value is -3.26. The Balaban J connectivity index is 1.86. The van der Waals surface area contributed by atoms with Crippen LogP contribution >= 0.6 is 0 Å². The fourth-order valence-electron chi connectivity index (χ4n) is 2.89. The van der Waals surface area contributed by atoms with Crippen LogP contribution in [-0.2, 0) is 11.3 Å². The van der Waals surface area contributed by atoms with Crippen molar-refractivity contribution >= 4 is 17.6 Å². The number of ether oxygens (including phenoxy) is 3. The molecule has 0 heterocycles. The zero-order chi connectivity index (χ0) is 21.9. The fraction of sp³-hybridized carbons (Fsp3) is 0.364. The van der Waals surface area contributed by atoms with Gasteiger partial charge in [-0.05, 0) is 50.2 Å². The Labute approximate surface area is 177 Å². The van der Waals surface area contributed by atoms with Gasteiger partial charge in [-0.15, -0.1) is 0 Å². The van der Waals surface area contributed by atoms with Crippen molar-refractivity contribution in [1.29, 1.82) is 0 Å². The first-order valence-electron chi connectivity index (χ1n) is 9.89. The van der Waals surface area contributed by atoms with Gasteiger partial charge in [0, 0.05) is 17.3 Å². The number of amides is 3. The number of hydrogen-bond donors (Lipinski definition) is 3. The standard InChI is InChI=1S/C22H29N3O5/c1-5-29-19-12-9-17(13-20(19)30-6-2)23-22(27)24-21(26)15-25(3)14-16-7-10-18(28-4)11-8-16/h7-13H,5-6,14-15H2,1-4H3,(H2,23,24,26,27)/p+1. The molecule has 8 nitrogen and oxygen atoms in total. The SMILES string of the molecule is CCOc1ccc(NC(=O)NC(=O)C[NH+](C)Cc2ccc(OC)cc2)cc1OCC. The number of likely N-dealkylation sites (N-methyl/N-ethyl adjacent to an activating group) is 1. The van der Waals surface area contributed by atoms with E-state index in [1.807, 2.05) is 45.2 Å². The van der Waals surface area contributed by atoms with Crippen LogP contribution in [0.5, 0.6) is 17.2 Å². The average Bonchev–Trinajstić information content (AvgIpc) is 2.70. The molecule has 0 spiro atoms. The molecular weight excluding hydrogens is 386 g/mol. The van der Waals surface area contributed by atoms with Gasteiger partial charge in [0.1, 0.15) is 12.3 Å². The minimum Gasteiger partial charge on any atom is -0.497 e. The average molecular weight is 416 g/mol. The number of nitrogens with one attached hydrogen (secondary N) is 3. The third kappa shape index (κ3) is 7.29. The summed E-state index contributed by atoms with van der Waals surface area (Å²) in [5, 5.41) is 5.00. The Morgan fingerprint density at radius 3 is 2.27 bits per heavy atom. The summed E-state index contributed by atoms with van der Waals surface area (Å²) >= 11 is 0. The van der Waals surface area contributed by atoms with E-state index in [2.05, 4.69) is 10.6 Å². The van der Waals surface area contributed by atoms with Gasteiger partial charge in [0.25, 0.3) is 5.91 Å². The highest BCUT2D eigenvalue weighted by Gasteiger charge is 2.15. The first kappa shape index (κ1) is 23.0. The second kappa shape index (κ2) is 11.7. The number of benzene rings is 2. The van der Waals surface area contributed by atoms with Crippen LogP contribution in [0.3, 0.4) is 0 Å². The molecule has 2 aromatic carbocycles. The van der Waals surface area contributed by atoms with Crippen LogP contribution in [0.25, 0.3) is 0 Å². The van der Waals surface area contributed by atoms with Crippen molar-refractivity contribution < 1.29 is 28.7 Å². The highest BCUT2D eigenvalue weighted by Crippen LogP contribution is 2.30. The van der Waals surface area contributed by atoms with E-state index in [-0.39, 0.29) is 12.5 Å². The number of anilines is 1. The summed E-state index contributed by atoms with van der Waals surface area (Å²) < 4.78 is 16.2. The monoisotopic (exact) mass is 416 g/mol. The number of quaternary nitrogens is 1. The van der Waals surface area contributed by atoms with Crippen LogP contribution in [0.1, 0.15) is 19.4 Å². The fourth-order valence-corrected chi connectivity index (χ4v) is 2.89. The molecule has 0 fully saturated rings. The molecule has 0 saturated heterocycles. The normalized spacial score (nSPS) is 11.3. The van der Waals surface area contributed by atoms with Crippen molar-refractivity contribution in [2.24, 2.45) is 0 Å². The Bertz CT molecular complexity index is 839. The molecule has 162 valence electrons. The van der Waals surface area contributed by atoms with Crippen LogP contribution in [0.4, 0.5) is 10.5 Å². The molecule has 8 heteroatoms. The molecule has 3 amide bonds. The zero-order valence-corrected chi connectivity index (χ0v) is 17.9. The van der Waals surface area contributed by atoms with Crippen LogP contribution < -0.4 is 29.7 Å². The van der Waals surface area contributed by atoms with Crippen LogP contribution in [0.2, 0.25) is 0 Å². The maximum Gasteiger partial charge on any atom is 0.326 e. The lowest BCUT2D eigenvalue weighted by Gasteiger charge is -2.15. The van der Waals surface area contributed by atoms with Gasteiger partial charge in [-0.25, -0.2) is 4.79 Å². The van der Waals surface area contributed by atoms with E-state index in [1.54, 1.807) is 25.3 Å². The molecule has 0 aliphatic heterocycles. The minimum absolute atomic E-state index is 0.160. The third-order valence-corrected chi connectivity index (χ3v) is 4.18. The molecule has 30 heavy (non-hydrogen) atoms. The molecule has 1 atom stereocenters. The van der Waals surface area contributed by atoms with E-state index in [0.717, 1.165) is 16.2 Å². The number of rotatable bonds is 10. The number of urea groups is 1. The van der Waals surface area contributed by atoms with Gasteiger partial charge in [0.2, 0.25) is 0 Å². The van der Waals surface area contributed by atoms with Gasteiger partial charge >= 0.3 is 6.03 Å². The van der Waals surface area contributed by atoms with Gasteiger partial charge in [0.05, 0.1) is 27.4 Å². The Morgan fingerprint density at radius 1 is 0.967 bits per heavy atom. The van der Waals surface area contributed by atoms with Gasteiger partial charge in [-0.3, -0.25) is 10.1 Å². The van der Waals surface area contributed by atoms with E-state index in [4.69, 9.17) is 14.2 Å². The number of hydrogen-bond acceptors (Lipinski definition) is 5. The first-order chi connectivity index (χ1) is 14.4. The van der Waals surface area contributed by atoms with Crippen LogP contribution in [0, 0.1) is 0 Å². The van der Waals surface area contributed by atoms with E-state index < -0.39 is 6.03 Å². The number of imide groups is 1. The predicted molar refractivity (Wildman–Crippen MR) is 114 cm³/mol. The smallest absolute Gasteiger partial charge is 0.326 e. The molecule has 3 N–H and O–H groups in total. The van der Waals surface area contributed by atoms with Gasteiger partial charge in [-0.2, -0.15) is 0 Å². The van der Waals surface area contributed by atoms with Crippen LogP contribution in [-0.4, -0.2) is 45.9 Å². The lowest BCUT2D eigenvalue weighted by molar-refractivity contribution is -0.885. The van der Waals surface area contributed by atoms with E-state index >= 15 is 0 Å². The van der Waals surface area contributed by atoms with E-state index in [9.17, 15) is 9.59 Å². The summed E-state index contributed by atoms with van der Waals surface area (Å²) in [4.78, 5) is 25.3. The van der Waals surface area contributed by atoms with Crippen molar-refractivity contribution in [3.63, 3.8) is 0 Å². The zero-order valence-electron chi connectivity index (χ0n) is 17.9. The summed E-state index contributed by atoms with van der Waals surface area (Å²) in [6.07, 6.45) is 0. The number of carbonyl (C=O) groups excluding carboxylic acids is 2. The van der Waals surface area contributed by atoms with Crippen molar-refractivity contribution in [3.05, 3.63) is 48.0 Å². The Kier molecular flexibility index (Phi) is 8.96. The van der Waals surface area contributed by atoms with Crippen molar-refractivity contribution in [1.82, 2.24) is 5.32 Å². The molecule has 0 saturated carbocycles. The third-order valence-electron chi connectivity index (χ3n) is 4.18. The Morgan fingerprint density at radius 2 is 1.63 bits per heavy atom. The van der Waals surface area contributed by atoms with Crippen molar-refractivity contribution in [2.75, 3.05) is 39.2 Å². The summed E-state index contributed by atoms with van der Waals surface area (Å²) in [7, 11) is 3.51. The summed E-state index contributed by atoms with van der Waals surface area (Å²) in [5.74, 6) is 1.55. The molecule has 1 unspecified atom stereocenters. The minimum atomic E-state index is -0.594. The van der Waals surface area contributed by atoms with Gasteiger partial charge in [0.15, 0.2) is 18.0 Å². The maximum absolute atomic E-state index is 12.2. The molecule has 0 aliphatic rings. The predicted octanol–water partition coefficient (Wildman–Crippen LogP) is 1.86. The van der Waals surface area contributed by atoms with Crippen molar-refractivity contribution in [3.8, 4) is 17.2 Å². The number of carbonyl (C=O) groups is 2. The summed E-state index contributed by atoms with van der Waals surface area (Å²) in [6.45, 7) is 5.54. The van der Waals surface area contributed by atoms with Gasteiger partial charge < -0.3 is 24.4 Å². The maximum atomic E-state index is 12.2. The largest absolute Gasteiger partial charge is 0.497 e. The molecule has 2 aromatic rings. The topological polar surface area (TPSA) is 90.3 Å². The molecule has 0 aromatic heterocycles. The molecule has 0 aliphatic carbocycles. The van der Waals surface area contributed by atoms with Crippen molar-refractivity contribution in [2.45, 2.75) is 20.4 Å². The quantitative estimate of drug-likeness (QED) is 0.550. The van der Waals surface area contributed by atoms with Gasteiger partial charge in [-0.1, -0.05) is 0 Å². The molecular formula is C22H30N3O5+. The first-order valence-corrected chi connectivity index (χ1v) is 9.89. The molecule has 2 rings (SSSR count).